The van der Waals surface area contributed by atoms with E-state index in [9.17, 15) is 4.39 Å². The topological polar surface area (TPSA) is 34.1 Å². The van der Waals surface area contributed by atoms with Crippen LogP contribution in [0.4, 0.5) is 4.39 Å². The van der Waals surface area contributed by atoms with Gasteiger partial charge in [0.15, 0.2) is 0 Å². The molecule has 1 unspecified atom stereocenters. The fourth-order valence-corrected chi connectivity index (χ4v) is 2.22. The molecule has 4 heteroatoms. The molecule has 112 valence electrons. The van der Waals surface area contributed by atoms with Gasteiger partial charge >= 0.3 is 0 Å². The van der Waals surface area contributed by atoms with Gasteiger partial charge in [-0.05, 0) is 56.6 Å². The molecule has 1 atom stereocenters. The summed E-state index contributed by atoms with van der Waals surface area (Å²) in [6.07, 6.45) is 5.38. The minimum Gasteiger partial charge on any atom is -0.493 e. The summed E-state index contributed by atoms with van der Waals surface area (Å²) in [6.45, 7) is 2.48. The molecular formula is C17H21FN2O. The lowest BCUT2D eigenvalue weighted by atomic mass is 10.1. The first kappa shape index (κ1) is 15.4. The van der Waals surface area contributed by atoms with Crippen LogP contribution in [0.5, 0.6) is 5.75 Å². The molecule has 0 radical (unpaired) electrons. The van der Waals surface area contributed by atoms with Crippen LogP contribution in [-0.2, 0) is 6.42 Å². The maximum atomic E-state index is 13.9. The average Bonchev–Trinajstić information content (AvgIpc) is 2.52. The van der Waals surface area contributed by atoms with Crippen LogP contribution in [0.2, 0.25) is 0 Å². The van der Waals surface area contributed by atoms with Gasteiger partial charge in [0, 0.05) is 24.0 Å². The quantitative estimate of drug-likeness (QED) is 0.792. The molecule has 0 bridgehead atoms. The second kappa shape index (κ2) is 7.74. The van der Waals surface area contributed by atoms with E-state index in [1.807, 2.05) is 32.2 Å². The summed E-state index contributed by atoms with van der Waals surface area (Å²) < 4.78 is 19.7. The van der Waals surface area contributed by atoms with Crippen molar-refractivity contribution in [3.63, 3.8) is 0 Å². The van der Waals surface area contributed by atoms with Crippen LogP contribution < -0.4 is 10.1 Å². The van der Waals surface area contributed by atoms with Crippen LogP contribution in [0.3, 0.4) is 0 Å². The smallest absolute Gasteiger partial charge is 0.131 e. The fraction of sp³-hybridized carbons (Fsp3) is 0.353. The summed E-state index contributed by atoms with van der Waals surface area (Å²) in [5, 5.41) is 3.05. The Kier molecular flexibility index (Phi) is 5.69. The lowest BCUT2D eigenvalue weighted by molar-refractivity contribution is 0.302. The number of hydrogen-bond donors (Lipinski definition) is 1. The van der Waals surface area contributed by atoms with Crippen molar-refractivity contribution in [1.29, 1.82) is 0 Å². The number of halogens is 1. The molecule has 2 aromatic rings. The van der Waals surface area contributed by atoms with Crippen molar-refractivity contribution in [2.45, 2.75) is 25.8 Å². The van der Waals surface area contributed by atoms with Crippen molar-refractivity contribution in [3.05, 3.63) is 59.7 Å². The van der Waals surface area contributed by atoms with Crippen molar-refractivity contribution >= 4 is 0 Å². The zero-order valence-corrected chi connectivity index (χ0v) is 12.5. The molecule has 1 heterocycles. The molecule has 0 saturated carbocycles. The SMILES string of the molecule is CNC(C)c1c(F)cccc1OCCCc1ccncc1. The molecular weight excluding hydrogens is 267 g/mol. The molecule has 0 spiro atoms. The Bertz CT molecular complexity index is 560. The highest BCUT2D eigenvalue weighted by molar-refractivity contribution is 5.37. The summed E-state index contributed by atoms with van der Waals surface area (Å²) in [5.74, 6) is 0.384. The van der Waals surface area contributed by atoms with Gasteiger partial charge in [0.2, 0.25) is 0 Å². The number of nitrogens with one attached hydrogen (secondary N) is 1. The zero-order valence-electron chi connectivity index (χ0n) is 12.5. The number of hydrogen-bond acceptors (Lipinski definition) is 3. The van der Waals surface area contributed by atoms with E-state index in [1.54, 1.807) is 18.5 Å². The average molecular weight is 288 g/mol. The monoisotopic (exact) mass is 288 g/mol. The summed E-state index contributed by atoms with van der Waals surface area (Å²) in [4.78, 5) is 3.99. The molecule has 0 saturated heterocycles. The van der Waals surface area contributed by atoms with Gasteiger partial charge in [-0.15, -0.1) is 0 Å². The maximum Gasteiger partial charge on any atom is 0.131 e. The van der Waals surface area contributed by atoms with Gasteiger partial charge in [-0.25, -0.2) is 4.39 Å². The van der Waals surface area contributed by atoms with Gasteiger partial charge in [0.05, 0.1) is 6.61 Å². The highest BCUT2D eigenvalue weighted by atomic mass is 19.1. The van der Waals surface area contributed by atoms with Crippen molar-refractivity contribution in [2.24, 2.45) is 0 Å². The van der Waals surface area contributed by atoms with Gasteiger partial charge in [-0.3, -0.25) is 4.98 Å². The number of nitrogens with zero attached hydrogens (tertiary/aromatic N) is 1. The highest BCUT2D eigenvalue weighted by Gasteiger charge is 2.15. The van der Waals surface area contributed by atoms with Crippen molar-refractivity contribution < 1.29 is 9.13 Å². The van der Waals surface area contributed by atoms with Crippen molar-refractivity contribution in [2.75, 3.05) is 13.7 Å². The molecule has 0 amide bonds. The largest absolute Gasteiger partial charge is 0.493 e. The molecule has 1 aromatic carbocycles. The molecule has 0 fully saturated rings. The van der Waals surface area contributed by atoms with Gasteiger partial charge in [-0.1, -0.05) is 6.07 Å². The predicted molar refractivity (Wildman–Crippen MR) is 81.9 cm³/mol. The molecule has 2 rings (SSSR count). The number of benzene rings is 1. The summed E-state index contributed by atoms with van der Waals surface area (Å²) >= 11 is 0. The normalized spacial score (nSPS) is 12.1. The first-order valence-electron chi connectivity index (χ1n) is 7.19. The van der Waals surface area contributed by atoms with Crippen LogP contribution >= 0.6 is 0 Å². The molecule has 3 nitrogen and oxygen atoms in total. The Labute approximate surface area is 125 Å². The van der Waals surface area contributed by atoms with E-state index in [0.29, 0.717) is 17.9 Å². The van der Waals surface area contributed by atoms with Crippen LogP contribution in [0, 0.1) is 5.82 Å². The summed E-state index contributed by atoms with van der Waals surface area (Å²) in [5.41, 5.74) is 1.82. The van der Waals surface area contributed by atoms with Crippen LogP contribution in [0.1, 0.15) is 30.5 Å². The number of rotatable bonds is 7. The lowest BCUT2D eigenvalue weighted by Gasteiger charge is -2.17. The number of aromatic nitrogens is 1. The first-order chi connectivity index (χ1) is 10.2. The Morgan fingerprint density at radius 1 is 1.24 bits per heavy atom. The molecule has 0 aliphatic heterocycles. The van der Waals surface area contributed by atoms with Crippen molar-refractivity contribution in [1.82, 2.24) is 10.3 Å². The zero-order chi connectivity index (χ0) is 15.1. The minimum absolute atomic E-state index is 0.0820. The third-order valence-electron chi connectivity index (χ3n) is 3.50. The van der Waals surface area contributed by atoms with E-state index < -0.39 is 0 Å². The number of ether oxygens (including phenoxy) is 1. The summed E-state index contributed by atoms with van der Waals surface area (Å²) in [7, 11) is 1.81. The molecule has 0 aliphatic rings. The Morgan fingerprint density at radius 2 is 2.00 bits per heavy atom. The Balaban J connectivity index is 1.93. The Morgan fingerprint density at radius 3 is 2.71 bits per heavy atom. The van der Waals surface area contributed by atoms with E-state index in [4.69, 9.17) is 4.74 Å². The van der Waals surface area contributed by atoms with Crippen molar-refractivity contribution in [3.8, 4) is 5.75 Å². The first-order valence-corrected chi connectivity index (χ1v) is 7.19. The molecule has 1 aromatic heterocycles. The number of pyridine rings is 1. The van der Waals surface area contributed by atoms with Gasteiger partial charge in [0.1, 0.15) is 11.6 Å². The van der Waals surface area contributed by atoms with E-state index in [2.05, 4.69) is 10.3 Å². The van der Waals surface area contributed by atoms with E-state index in [1.165, 1.54) is 11.6 Å². The van der Waals surface area contributed by atoms with Gasteiger partial charge in [-0.2, -0.15) is 0 Å². The lowest BCUT2D eigenvalue weighted by Crippen LogP contribution is -2.15. The molecule has 21 heavy (non-hydrogen) atoms. The van der Waals surface area contributed by atoms with Crippen LogP contribution in [0.15, 0.2) is 42.7 Å². The molecule has 0 aliphatic carbocycles. The highest BCUT2D eigenvalue weighted by Crippen LogP contribution is 2.27. The molecule has 1 N–H and O–H groups in total. The van der Waals surface area contributed by atoms with Gasteiger partial charge < -0.3 is 10.1 Å². The number of aryl methyl sites for hydroxylation is 1. The second-order valence-corrected chi connectivity index (χ2v) is 4.97. The third kappa shape index (κ3) is 4.26. The Hall–Kier alpha value is -1.94. The van der Waals surface area contributed by atoms with Crippen LogP contribution in [0.25, 0.3) is 0 Å². The van der Waals surface area contributed by atoms with E-state index >= 15 is 0 Å². The standard InChI is InChI=1S/C17H21FN2O/c1-13(19-2)17-15(18)6-3-7-16(17)21-12-4-5-14-8-10-20-11-9-14/h3,6-11,13,19H,4-5,12H2,1-2H3. The summed E-state index contributed by atoms with van der Waals surface area (Å²) in [6, 6.07) is 8.87. The van der Waals surface area contributed by atoms with Gasteiger partial charge in [0.25, 0.3) is 0 Å². The minimum atomic E-state index is -0.233. The van der Waals surface area contributed by atoms with E-state index in [-0.39, 0.29) is 11.9 Å². The predicted octanol–water partition coefficient (Wildman–Crippen LogP) is 3.51. The second-order valence-electron chi connectivity index (χ2n) is 4.97. The maximum absolute atomic E-state index is 13.9. The van der Waals surface area contributed by atoms with Crippen LogP contribution in [-0.4, -0.2) is 18.6 Å². The van der Waals surface area contributed by atoms with E-state index in [0.717, 1.165) is 12.8 Å². The fourth-order valence-electron chi connectivity index (χ4n) is 2.22. The third-order valence-corrected chi connectivity index (χ3v) is 3.50.